The Kier molecular flexibility index (Phi) is 5.73. The molecule has 1 saturated heterocycles. The molecule has 2 heterocycles. The second kappa shape index (κ2) is 8.97. The Morgan fingerprint density at radius 3 is 2.31 bits per heavy atom. The van der Waals surface area contributed by atoms with Crippen molar-refractivity contribution < 1.29 is 14.3 Å². The van der Waals surface area contributed by atoms with E-state index in [2.05, 4.69) is 23.1 Å². The molecular weight excluding hydrogens is 400 g/mol. The van der Waals surface area contributed by atoms with E-state index in [1.807, 2.05) is 35.2 Å². The van der Waals surface area contributed by atoms with Gasteiger partial charge in [0.2, 0.25) is 0 Å². The van der Waals surface area contributed by atoms with Crippen LogP contribution in [0.25, 0.3) is 0 Å². The van der Waals surface area contributed by atoms with Gasteiger partial charge in [0, 0.05) is 50.3 Å². The molecule has 0 aromatic heterocycles. The molecule has 5 rings (SSSR count). The number of hydrogen-bond acceptors (Lipinski definition) is 4. The minimum absolute atomic E-state index is 0.0702. The van der Waals surface area contributed by atoms with Gasteiger partial charge >= 0.3 is 0 Å². The topological polar surface area (TPSA) is 49.9 Å². The highest BCUT2D eigenvalue weighted by Crippen LogP contribution is 2.26. The molecule has 0 N–H and O–H groups in total. The minimum Gasteiger partial charge on any atom is -0.493 e. The van der Waals surface area contributed by atoms with Gasteiger partial charge in [-0.1, -0.05) is 60.7 Å². The van der Waals surface area contributed by atoms with Gasteiger partial charge in [0.05, 0.1) is 12.2 Å². The predicted molar refractivity (Wildman–Crippen MR) is 123 cm³/mol. The van der Waals surface area contributed by atoms with Gasteiger partial charge in [0.1, 0.15) is 5.75 Å². The largest absolute Gasteiger partial charge is 0.493 e. The molecule has 0 spiro atoms. The summed E-state index contributed by atoms with van der Waals surface area (Å²) in [6, 6.07) is 22.7. The van der Waals surface area contributed by atoms with E-state index < -0.39 is 0 Å². The second-order valence-electron chi connectivity index (χ2n) is 8.35. The number of benzene rings is 3. The summed E-state index contributed by atoms with van der Waals surface area (Å²) in [6.07, 6.45) is 0.979. The van der Waals surface area contributed by atoms with Crippen LogP contribution in [0.15, 0.2) is 72.8 Å². The van der Waals surface area contributed by atoms with Crippen LogP contribution in [0.1, 0.15) is 37.4 Å². The first-order valence-corrected chi connectivity index (χ1v) is 11.1. The van der Waals surface area contributed by atoms with Gasteiger partial charge in [0.15, 0.2) is 5.78 Å². The number of fused-ring (bicyclic) bond motifs is 1. The summed E-state index contributed by atoms with van der Waals surface area (Å²) in [5.41, 5.74) is 4.11. The van der Waals surface area contributed by atoms with Crippen molar-refractivity contribution in [1.29, 1.82) is 0 Å². The van der Waals surface area contributed by atoms with Gasteiger partial charge in [-0.05, 0) is 23.3 Å². The number of carbonyl (C=O) groups excluding carboxylic acids is 2. The molecule has 0 atom stereocenters. The molecule has 3 aromatic carbocycles. The van der Waals surface area contributed by atoms with Crippen LogP contribution in [0.5, 0.6) is 5.75 Å². The van der Waals surface area contributed by atoms with Crippen LogP contribution in [0.2, 0.25) is 0 Å². The number of piperazine rings is 1. The van der Waals surface area contributed by atoms with Crippen molar-refractivity contribution in [2.24, 2.45) is 0 Å². The van der Waals surface area contributed by atoms with Crippen LogP contribution in [0, 0.1) is 0 Å². The maximum absolute atomic E-state index is 13.3. The van der Waals surface area contributed by atoms with Gasteiger partial charge < -0.3 is 9.64 Å². The van der Waals surface area contributed by atoms with Crippen molar-refractivity contribution in [3.63, 3.8) is 0 Å². The van der Waals surface area contributed by atoms with E-state index in [4.69, 9.17) is 4.74 Å². The molecule has 0 bridgehead atoms. The Morgan fingerprint density at radius 2 is 1.53 bits per heavy atom. The number of carbonyl (C=O) groups is 2. The van der Waals surface area contributed by atoms with E-state index >= 15 is 0 Å². The molecule has 5 nitrogen and oxygen atoms in total. The maximum Gasteiger partial charge on any atom is 0.254 e. The molecule has 5 heteroatoms. The van der Waals surface area contributed by atoms with Crippen LogP contribution in [0.4, 0.5) is 0 Å². The quantitative estimate of drug-likeness (QED) is 0.582. The molecule has 1 amide bonds. The average Bonchev–Trinajstić information content (AvgIpc) is 3.32. The SMILES string of the molecule is O=C(c1ccccc1)c1ccccc1C(=O)N1CCN(Cc2ccc3c(c2)CCO3)CC1. The fourth-order valence-electron chi connectivity index (χ4n) is 4.49. The highest BCUT2D eigenvalue weighted by atomic mass is 16.5. The van der Waals surface area contributed by atoms with Crippen molar-refractivity contribution >= 4 is 11.7 Å². The Balaban J connectivity index is 1.25. The first-order valence-electron chi connectivity index (χ1n) is 11.1. The molecule has 2 aliphatic heterocycles. The molecule has 3 aromatic rings. The zero-order valence-electron chi connectivity index (χ0n) is 18.0. The highest BCUT2D eigenvalue weighted by Gasteiger charge is 2.26. The van der Waals surface area contributed by atoms with Gasteiger partial charge in [0.25, 0.3) is 5.91 Å². The molecule has 0 aliphatic carbocycles. The summed E-state index contributed by atoms with van der Waals surface area (Å²) in [4.78, 5) is 30.5. The Labute approximate surface area is 188 Å². The second-order valence-corrected chi connectivity index (χ2v) is 8.35. The monoisotopic (exact) mass is 426 g/mol. The third-order valence-corrected chi connectivity index (χ3v) is 6.26. The molecule has 162 valence electrons. The third-order valence-electron chi connectivity index (χ3n) is 6.26. The van der Waals surface area contributed by atoms with Crippen molar-refractivity contribution in [3.05, 3.63) is 101 Å². The lowest BCUT2D eigenvalue weighted by Gasteiger charge is -2.35. The van der Waals surface area contributed by atoms with Crippen molar-refractivity contribution in [3.8, 4) is 5.75 Å². The maximum atomic E-state index is 13.3. The van der Waals surface area contributed by atoms with Gasteiger partial charge in [-0.2, -0.15) is 0 Å². The van der Waals surface area contributed by atoms with E-state index in [1.165, 1.54) is 11.1 Å². The summed E-state index contributed by atoms with van der Waals surface area (Å²) in [5, 5.41) is 0. The molecule has 1 fully saturated rings. The van der Waals surface area contributed by atoms with E-state index in [0.717, 1.165) is 38.4 Å². The molecular formula is C27H26N2O3. The Hall–Kier alpha value is -3.44. The first-order chi connectivity index (χ1) is 15.7. The number of ketones is 1. The minimum atomic E-state index is -0.117. The van der Waals surface area contributed by atoms with E-state index in [9.17, 15) is 9.59 Å². The van der Waals surface area contributed by atoms with Crippen LogP contribution < -0.4 is 4.74 Å². The third kappa shape index (κ3) is 4.16. The smallest absolute Gasteiger partial charge is 0.254 e. The summed E-state index contributed by atoms with van der Waals surface area (Å²) in [6.45, 7) is 4.58. The van der Waals surface area contributed by atoms with Gasteiger partial charge in [-0.15, -0.1) is 0 Å². The number of nitrogens with zero attached hydrogens (tertiary/aromatic N) is 2. The number of rotatable bonds is 5. The Bertz CT molecular complexity index is 1130. The summed E-state index contributed by atoms with van der Waals surface area (Å²) in [7, 11) is 0. The fraction of sp³-hybridized carbons (Fsp3) is 0.259. The predicted octanol–water partition coefficient (Wildman–Crippen LogP) is 3.81. The summed E-state index contributed by atoms with van der Waals surface area (Å²) >= 11 is 0. The van der Waals surface area contributed by atoms with Crippen LogP contribution in [-0.4, -0.2) is 54.3 Å². The van der Waals surface area contributed by atoms with Crippen molar-refractivity contribution in [2.75, 3.05) is 32.8 Å². The van der Waals surface area contributed by atoms with E-state index in [0.29, 0.717) is 29.8 Å². The van der Waals surface area contributed by atoms with Crippen LogP contribution in [0.3, 0.4) is 0 Å². The highest BCUT2D eigenvalue weighted by molar-refractivity contribution is 6.15. The molecule has 0 radical (unpaired) electrons. The molecule has 32 heavy (non-hydrogen) atoms. The van der Waals surface area contributed by atoms with E-state index in [1.54, 1.807) is 24.3 Å². The van der Waals surface area contributed by atoms with Crippen LogP contribution in [-0.2, 0) is 13.0 Å². The van der Waals surface area contributed by atoms with Crippen LogP contribution >= 0.6 is 0 Å². The number of ether oxygens (including phenoxy) is 1. The standard InChI is InChI=1S/C27H26N2O3/c30-26(21-6-2-1-3-7-21)23-8-4-5-9-24(23)27(31)29-15-13-28(14-16-29)19-20-10-11-25-22(18-20)12-17-32-25/h1-11,18H,12-17,19H2. The lowest BCUT2D eigenvalue weighted by atomic mass is 9.97. The first kappa shape index (κ1) is 20.5. The number of hydrogen-bond donors (Lipinski definition) is 0. The fourth-order valence-corrected chi connectivity index (χ4v) is 4.49. The Morgan fingerprint density at radius 1 is 0.812 bits per heavy atom. The molecule has 0 unspecified atom stereocenters. The van der Waals surface area contributed by atoms with Gasteiger partial charge in [-0.25, -0.2) is 0 Å². The lowest BCUT2D eigenvalue weighted by Crippen LogP contribution is -2.48. The zero-order valence-corrected chi connectivity index (χ0v) is 18.0. The zero-order chi connectivity index (χ0) is 21.9. The summed E-state index contributed by atoms with van der Waals surface area (Å²) < 4.78 is 5.60. The molecule has 0 saturated carbocycles. The lowest BCUT2D eigenvalue weighted by molar-refractivity contribution is 0.0625. The van der Waals surface area contributed by atoms with E-state index in [-0.39, 0.29) is 11.7 Å². The summed E-state index contributed by atoms with van der Waals surface area (Å²) in [5.74, 6) is 0.820. The molecule has 2 aliphatic rings. The average molecular weight is 427 g/mol. The normalized spacial score (nSPS) is 15.8. The van der Waals surface area contributed by atoms with Gasteiger partial charge in [-0.3, -0.25) is 14.5 Å². The van der Waals surface area contributed by atoms with Crippen molar-refractivity contribution in [2.45, 2.75) is 13.0 Å². The van der Waals surface area contributed by atoms with Crippen molar-refractivity contribution in [1.82, 2.24) is 9.80 Å². The number of amides is 1.